The first kappa shape index (κ1) is 15.1. The molecule has 2 saturated heterocycles. The summed E-state index contributed by atoms with van der Waals surface area (Å²) in [5.74, 6) is 2.02. The van der Waals surface area contributed by atoms with Gasteiger partial charge < -0.3 is 18.9 Å². The van der Waals surface area contributed by atoms with E-state index in [0.29, 0.717) is 25.0 Å². The van der Waals surface area contributed by atoms with Crippen LogP contribution in [0.5, 0.6) is 0 Å². The van der Waals surface area contributed by atoms with E-state index in [4.69, 9.17) is 14.0 Å². The second-order valence-electron chi connectivity index (χ2n) is 6.66. The minimum Gasteiger partial charge on any atom is -0.368 e. The molecule has 7 heteroatoms. The van der Waals surface area contributed by atoms with Crippen LogP contribution in [0.3, 0.4) is 0 Å². The Hall–Kier alpha value is -1.47. The second kappa shape index (κ2) is 6.57. The van der Waals surface area contributed by atoms with E-state index in [1.807, 2.05) is 4.90 Å². The maximum atomic E-state index is 12.3. The molecule has 1 aromatic heterocycles. The Morgan fingerprint density at radius 3 is 2.74 bits per heavy atom. The van der Waals surface area contributed by atoms with Crippen molar-refractivity contribution in [2.75, 3.05) is 19.7 Å². The first-order valence-electron chi connectivity index (χ1n) is 8.64. The monoisotopic (exact) mass is 321 g/mol. The fourth-order valence-electron chi connectivity index (χ4n) is 3.24. The number of aromatic nitrogens is 2. The molecule has 1 amide bonds. The summed E-state index contributed by atoms with van der Waals surface area (Å²) in [7, 11) is 0. The van der Waals surface area contributed by atoms with Crippen LogP contribution in [-0.2, 0) is 20.9 Å². The largest absolute Gasteiger partial charge is 0.368 e. The lowest BCUT2D eigenvalue weighted by molar-refractivity contribution is -0.143. The highest BCUT2D eigenvalue weighted by Crippen LogP contribution is 2.38. The van der Waals surface area contributed by atoms with Gasteiger partial charge in [-0.05, 0) is 38.5 Å². The van der Waals surface area contributed by atoms with Gasteiger partial charge in [-0.25, -0.2) is 0 Å². The van der Waals surface area contributed by atoms with E-state index in [-0.39, 0.29) is 18.1 Å². The normalized spacial score (nSPS) is 25.9. The van der Waals surface area contributed by atoms with Gasteiger partial charge in [-0.3, -0.25) is 4.79 Å². The molecule has 1 saturated carbocycles. The van der Waals surface area contributed by atoms with Gasteiger partial charge in [-0.1, -0.05) is 5.16 Å². The average molecular weight is 321 g/mol. The van der Waals surface area contributed by atoms with Gasteiger partial charge in [0.25, 0.3) is 11.8 Å². The third-order valence-corrected chi connectivity index (χ3v) is 4.83. The molecule has 1 aliphatic carbocycles. The Morgan fingerprint density at radius 2 is 2.04 bits per heavy atom. The Labute approximate surface area is 135 Å². The van der Waals surface area contributed by atoms with Gasteiger partial charge in [0, 0.05) is 25.6 Å². The molecular formula is C16H23N3O4. The third-order valence-electron chi connectivity index (χ3n) is 4.83. The van der Waals surface area contributed by atoms with E-state index >= 15 is 0 Å². The lowest BCUT2D eigenvalue weighted by Gasteiger charge is -2.33. The van der Waals surface area contributed by atoms with Gasteiger partial charge in [0.2, 0.25) is 0 Å². The fourth-order valence-corrected chi connectivity index (χ4v) is 3.24. The van der Waals surface area contributed by atoms with Crippen LogP contribution in [0.4, 0.5) is 0 Å². The van der Waals surface area contributed by atoms with Crippen LogP contribution in [-0.4, -0.2) is 52.9 Å². The molecule has 3 aliphatic rings. The summed E-state index contributed by atoms with van der Waals surface area (Å²) in [4.78, 5) is 18.6. The molecule has 0 spiro atoms. The van der Waals surface area contributed by atoms with Crippen LogP contribution in [0.15, 0.2) is 4.52 Å². The van der Waals surface area contributed by atoms with Crippen molar-refractivity contribution in [2.24, 2.45) is 0 Å². The number of hydrogen-bond acceptors (Lipinski definition) is 6. The van der Waals surface area contributed by atoms with Gasteiger partial charge in [0.1, 0.15) is 12.7 Å². The number of ether oxygens (including phenoxy) is 2. The number of piperidine rings is 1. The summed E-state index contributed by atoms with van der Waals surface area (Å²) in [5.41, 5.74) is 0. The molecule has 23 heavy (non-hydrogen) atoms. The molecule has 1 aromatic rings. The van der Waals surface area contributed by atoms with E-state index in [0.717, 1.165) is 57.4 Å². The van der Waals surface area contributed by atoms with Gasteiger partial charge in [0.05, 0.1) is 6.10 Å². The number of carbonyl (C=O) groups excluding carboxylic acids is 1. The second-order valence-corrected chi connectivity index (χ2v) is 6.66. The van der Waals surface area contributed by atoms with E-state index in [9.17, 15) is 4.79 Å². The fraction of sp³-hybridized carbons (Fsp3) is 0.812. The summed E-state index contributed by atoms with van der Waals surface area (Å²) >= 11 is 0. The topological polar surface area (TPSA) is 77.7 Å². The molecule has 0 aromatic carbocycles. The number of likely N-dealkylation sites (tertiary alicyclic amines) is 1. The number of carbonyl (C=O) groups is 1. The summed E-state index contributed by atoms with van der Waals surface area (Å²) in [6.45, 7) is 2.55. The third kappa shape index (κ3) is 3.55. The van der Waals surface area contributed by atoms with E-state index in [2.05, 4.69) is 10.1 Å². The quantitative estimate of drug-likeness (QED) is 0.820. The maximum absolute atomic E-state index is 12.3. The van der Waals surface area contributed by atoms with Gasteiger partial charge in [0.15, 0.2) is 5.82 Å². The summed E-state index contributed by atoms with van der Waals surface area (Å²) < 4.78 is 16.6. The highest BCUT2D eigenvalue weighted by Gasteiger charge is 2.31. The van der Waals surface area contributed by atoms with Crippen molar-refractivity contribution < 1.29 is 18.8 Å². The van der Waals surface area contributed by atoms with Crippen molar-refractivity contribution in [3.8, 4) is 0 Å². The van der Waals surface area contributed by atoms with Crippen molar-refractivity contribution in [3.05, 3.63) is 11.7 Å². The van der Waals surface area contributed by atoms with Crippen molar-refractivity contribution in [2.45, 2.75) is 63.3 Å². The molecule has 0 radical (unpaired) electrons. The lowest BCUT2D eigenvalue weighted by Crippen LogP contribution is -2.45. The predicted molar refractivity (Wildman–Crippen MR) is 79.6 cm³/mol. The van der Waals surface area contributed by atoms with Gasteiger partial charge in [-0.2, -0.15) is 4.98 Å². The van der Waals surface area contributed by atoms with Crippen LogP contribution in [0, 0.1) is 0 Å². The molecule has 0 bridgehead atoms. The molecule has 2 aliphatic heterocycles. The van der Waals surface area contributed by atoms with Gasteiger partial charge >= 0.3 is 0 Å². The highest BCUT2D eigenvalue weighted by atomic mass is 16.5. The number of nitrogens with zero attached hydrogens (tertiary/aromatic N) is 3. The molecule has 1 atom stereocenters. The van der Waals surface area contributed by atoms with Crippen molar-refractivity contribution in [3.63, 3.8) is 0 Å². The summed E-state index contributed by atoms with van der Waals surface area (Å²) in [6.07, 6.45) is 5.81. The molecule has 126 valence electrons. The first-order chi connectivity index (χ1) is 11.3. The molecule has 3 heterocycles. The Bertz CT molecular complexity index is 543. The minimum absolute atomic E-state index is 0.145. The molecule has 3 fully saturated rings. The van der Waals surface area contributed by atoms with Crippen molar-refractivity contribution >= 4 is 5.91 Å². The highest BCUT2D eigenvalue weighted by molar-refractivity contribution is 5.81. The maximum Gasteiger partial charge on any atom is 0.252 e. The lowest BCUT2D eigenvalue weighted by atomic mass is 10.1. The van der Waals surface area contributed by atoms with Gasteiger partial charge in [-0.15, -0.1) is 0 Å². The van der Waals surface area contributed by atoms with E-state index in [1.165, 1.54) is 0 Å². The zero-order valence-corrected chi connectivity index (χ0v) is 13.3. The molecule has 0 N–H and O–H groups in total. The summed E-state index contributed by atoms with van der Waals surface area (Å²) in [5, 5.41) is 3.99. The Kier molecular flexibility index (Phi) is 4.31. The molecule has 1 unspecified atom stereocenters. The van der Waals surface area contributed by atoms with Crippen molar-refractivity contribution in [1.29, 1.82) is 0 Å². The predicted octanol–water partition coefficient (Wildman–Crippen LogP) is 1.63. The standard InChI is InChI=1S/C16H23N3O4/c20-16(13-2-1-9-21-13)19-7-5-12(6-8-19)22-10-14-17-15(18-23-14)11-3-4-11/h11-13H,1-10H2. The van der Waals surface area contributed by atoms with Crippen LogP contribution in [0.2, 0.25) is 0 Å². The summed E-state index contributed by atoms with van der Waals surface area (Å²) in [6, 6.07) is 0. The minimum atomic E-state index is -0.216. The van der Waals surface area contributed by atoms with Crippen LogP contribution < -0.4 is 0 Å². The van der Waals surface area contributed by atoms with Crippen molar-refractivity contribution in [1.82, 2.24) is 15.0 Å². The Balaban J connectivity index is 1.20. The first-order valence-corrected chi connectivity index (χ1v) is 8.64. The van der Waals surface area contributed by atoms with Crippen LogP contribution in [0.25, 0.3) is 0 Å². The molecule has 4 rings (SSSR count). The van der Waals surface area contributed by atoms with Crippen LogP contribution in [0.1, 0.15) is 56.2 Å². The number of rotatable bonds is 5. The molecular weight excluding hydrogens is 298 g/mol. The Morgan fingerprint density at radius 1 is 1.22 bits per heavy atom. The smallest absolute Gasteiger partial charge is 0.252 e. The zero-order chi connectivity index (χ0) is 15.6. The van der Waals surface area contributed by atoms with Crippen LogP contribution >= 0.6 is 0 Å². The number of amides is 1. The van der Waals surface area contributed by atoms with E-state index < -0.39 is 0 Å². The van der Waals surface area contributed by atoms with E-state index in [1.54, 1.807) is 0 Å². The average Bonchev–Trinajstić information content (AvgIpc) is 3.11. The SMILES string of the molecule is O=C(C1CCCO1)N1CCC(OCc2nc(C3CC3)no2)CC1. The molecule has 7 nitrogen and oxygen atoms in total. The number of hydrogen-bond donors (Lipinski definition) is 0. The zero-order valence-electron chi connectivity index (χ0n) is 13.3.